The van der Waals surface area contributed by atoms with Crippen LogP contribution in [0.2, 0.25) is 0 Å². The number of hydrogen-bond acceptors (Lipinski definition) is 3. The number of amidine groups is 1. The predicted octanol–water partition coefficient (Wildman–Crippen LogP) is 3.77. The standard InChI is InChI=1S/C14H21BrN2O2/c1-14(2,13(16)17-18)9-3-4-10-19-12-7-5-11(15)6-8-12/h5-8,18H,3-4,9-10H2,1-2H3,(H2,16,17). The van der Waals surface area contributed by atoms with Crippen molar-refractivity contribution in [1.82, 2.24) is 0 Å². The highest BCUT2D eigenvalue weighted by molar-refractivity contribution is 9.10. The second kappa shape index (κ2) is 7.38. The lowest BCUT2D eigenvalue weighted by atomic mass is 9.86. The third kappa shape index (κ3) is 5.51. The van der Waals surface area contributed by atoms with Crippen molar-refractivity contribution in [3.8, 4) is 5.75 Å². The van der Waals surface area contributed by atoms with Crippen LogP contribution in [0.3, 0.4) is 0 Å². The van der Waals surface area contributed by atoms with Crippen LogP contribution >= 0.6 is 15.9 Å². The van der Waals surface area contributed by atoms with E-state index in [1.54, 1.807) is 0 Å². The Labute approximate surface area is 122 Å². The molecule has 0 aromatic heterocycles. The summed E-state index contributed by atoms with van der Waals surface area (Å²) in [5, 5.41) is 11.8. The van der Waals surface area contributed by atoms with Crippen molar-refractivity contribution in [1.29, 1.82) is 0 Å². The minimum absolute atomic E-state index is 0.271. The molecule has 5 heteroatoms. The van der Waals surface area contributed by atoms with Crippen LogP contribution in [0.4, 0.5) is 0 Å². The van der Waals surface area contributed by atoms with Crippen molar-refractivity contribution in [3.05, 3.63) is 28.7 Å². The average molecular weight is 329 g/mol. The summed E-state index contributed by atoms with van der Waals surface area (Å²) in [6.07, 6.45) is 2.78. The van der Waals surface area contributed by atoms with E-state index in [9.17, 15) is 0 Å². The van der Waals surface area contributed by atoms with Gasteiger partial charge in [0.05, 0.1) is 6.61 Å². The highest BCUT2D eigenvalue weighted by atomic mass is 79.9. The van der Waals surface area contributed by atoms with Crippen molar-refractivity contribution in [2.75, 3.05) is 6.61 Å². The molecule has 106 valence electrons. The largest absolute Gasteiger partial charge is 0.494 e. The first-order valence-electron chi connectivity index (χ1n) is 6.32. The third-order valence-corrected chi connectivity index (χ3v) is 3.61. The van der Waals surface area contributed by atoms with Crippen molar-refractivity contribution in [3.63, 3.8) is 0 Å². The Bertz CT molecular complexity index is 416. The Kier molecular flexibility index (Phi) is 6.15. The number of ether oxygens (including phenoxy) is 1. The fourth-order valence-corrected chi connectivity index (χ4v) is 1.92. The molecule has 3 N–H and O–H groups in total. The number of nitrogens with zero attached hydrogens (tertiary/aromatic N) is 1. The van der Waals surface area contributed by atoms with E-state index in [0.717, 1.165) is 29.5 Å². The zero-order valence-corrected chi connectivity index (χ0v) is 13.0. The maximum atomic E-state index is 8.68. The van der Waals surface area contributed by atoms with Crippen LogP contribution in [-0.2, 0) is 0 Å². The number of oxime groups is 1. The first-order chi connectivity index (χ1) is 8.95. The highest BCUT2D eigenvalue weighted by Gasteiger charge is 2.22. The smallest absolute Gasteiger partial charge is 0.144 e. The van der Waals surface area contributed by atoms with Crippen molar-refractivity contribution in [2.24, 2.45) is 16.3 Å². The first-order valence-corrected chi connectivity index (χ1v) is 7.11. The molecule has 0 aliphatic carbocycles. The maximum Gasteiger partial charge on any atom is 0.144 e. The summed E-state index contributed by atoms with van der Waals surface area (Å²) in [5.74, 6) is 1.15. The molecule has 1 aromatic rings. The van der Waals surface area contributed by atoms with Crippen LogP contribution in [0.5, 0.6) is 5.75 Å². The lowest BCUT2D eigenvalue weighted by molar-refractivity contribution is 0.288. The minimum Gasteiger partial charge on any atom is -0.494 e. The molecule has 1 aromatic carbocycles. The second-order valence-corrected chi connectivity index (χ2v) is 6.04. The number of hydrogen-bond donors (Lipinski definition) is 2. The van der Waals surface area contributed by atoms with Gasteiger partial charge in [0.15, 0.2) is 0 Å². The molecule has 0 radical (unpaired) electrons. The summed E-state index contributed by atoms with van der Waals surface area (Å²) in [4.78, 5) is 0. The fourth-order valence-electron chi connectivity index (χ4n) is 1.65. The van der Waals surface area contributed by atoms with Gasteiger partial charge >= 0.3 is 0 Å². The van der Waals surface area contributed by atoms with E-state index in [-0.39, 0.29) is 11.3 Å². The molecule has 0 spiro atoms. The molecule has 0 saturated carbocycles. The zero-order valence-electron chi connectivity index (χ0n) is 11.4. The van der Waals surface area contributed by atoms with Crippen LogP contribution in [0.1, 0.15) is 33.1 Å². The van der Waals surface area contributed by atoms with Gasteiger partial charge < -0.3 is 15.7 Å². The van der Waals surface area contributed by atoms with Gasteiger partial charge in [-0.05, 0) is 43.5 Å². The van der Waals surface area contributed by atoms with E-state index in [4.69, 9.17) is 15.7 Å². The predicted molar refractivity (Wildman–Crippen MR) is 80.7 cm³/mol. The molecule has 0 unspecified atom stereocenters. The molecule has 1 rings (SSSR count). The van der Waals surface area contributed by atoms with Crippen molar-refractivity contribution < 1.29 is 9.94 Å². The van der Waals surface area contributed by atoms with E-state index >= 15 is 0 Å². The number of rotatable bonds is 7. The van der Waals surface area contributed by atoms with Crippen molar-refractivity contribution in [2.45, 2.75) is 33.1 Å². The van der Waals surface area contributed by atoms with Gasteiger partial charge in [-0.15, -0.1) is 0 Å². The molecular formula is C14H21BrN2O2. The topological polar surface area (TPSA) is 67.8 Å². The lowest BCUT2D eigenvalue weighted by Gasteiger charge is -2.22. The Hall–Kier alpha value is -1.23. The van der Waals surface area contributed by atoms with Crippen LogP contribution in [0.25, 0.3) is 0 Å². The van der Waals surface area contributed by atoms with Crippen LogP contribution in [-0.4, -0.2) is 17.6 Å². The number of halogens is 1. The molecule has 0 amide bonds. The molecule has 0 heterocycles. The number of unbranched alkanes of at least 4 members (excludes halogenated alkanes) is 1. The molecule has 0 fully saturated rings. The van der Waals surface area contributed by atoms with Gasteiger partial charge in [-0.25, -0.2) is 0 Å². The Balaban J connectivity index is 2.23. The van der Waals surface area contributed by atoms with E-state index in [2.05, 4.69) is 21.1 Å². The molecule has 0 saturated heterocycles. The number of benzene rings is 1. The van der Waals surface area contributed by atoms with Gasteiger partial charge in [0.2, 0.25) is 0 Å². The summed E-state index contributed by atoms with van der Waals surface area (Å²) in [7, 11) is 0. The molecule has 0 atom stereocenters. The molecular weight excluding hydrogens is 308 g/mol. The normalized spacial score (nSPS) is 12.5. The summed E-state index contributed by atoms with van der Waals surface area (Å²) < 4.78 is 6.67. The Morgan fingerprint density at radius 2 is 1.95 bits per heavy atom. The molecule has 4 nitrogen and oxygen atoms in total. The monoisotopic (exact) mass is 328 g/mol. The molecule has 19 heavy (non-hydrogen) atoms. The number of nitrogens with two attached hydrogens (primary N) is 1. The molecule has 0 aliphatic heterocycles. The van der Waals surface area contributed by atoms with Gasteiger partial charge in [0.25, 0.3) is 0 Å². The van der Waals surface area contributed by atoms with Gasteiger partial charge in [0.1, 0.15) is 11.6 Å². The van der Waals surface area contributed by atoms with Crippen molar-refractivity contribution >= 4 is 21.8 Å². The maximum absolute atomic E-state index is 8.68. The van der Waals surface area contributed by atoms with E-state index in [1.165, 1.54) is 0 Å². The third-order valence-electron chi connectivity index (χ3n) is 3.08. The van der Waals surface area contributed by atoms with Gasteiger partial charge in [0, 0.05) is 9.89 Å². The quantitative estimate of drug-likeness (QED) is 0.263. The highest BCUT2D eigenvalue weighted by Crippen LogP contribution is 2.23. The van der Waals surface area contributed by atoms with Gasteiger partial charge in [-0.2, -0.15) is 0 Å². The van der Waals surface area contributed by atoms with Crippen LogP contribution in [0, 0.1) is 5.41 Å². The first kappa shape index (κ1) is 15.8. The fraction of sp³-hybridized carbons (Fsp3) is 0.500. The van der Waals surface area contributed by atoms with E-state index in [0.29, 0.717) is 6.61 Å². The summed E-state index contributed by atoms with van der Waals surface area (Å²) in [6.45, 7) is 4.61. The summed E-state index contributed by atoms with van der Waals surface area (Å²) in [5.41, 5.74) is 5.36. The molecule has 0 bridgehead atoms. The Morgan fingerprint density at radius 3 is 2.53 bits per heavy atom. The lowest BCUT2D eigenvalue weighted by Crippen LogP contribution is -2.31. The second-order valence-electron chi connectivity index (χ2n) is 5.13. The Morgan fingerprint density at radius 1 is 1.32 bits per heavy atom. The van der Waals surface area contributed by atoms with Crippen LogP contribution < -0.4 is 10.5 Å². The van der Waals surface area contributed by atoms with E-state index in [1.807, 2.05) is 38.1 Å². The summed E-state index contributed by atoms with van der Waals surface area (Å²) in [6, 6.07) is 7.78. The minimum atomic E-state index is -0.271. The molecule has 0 aliphatic rings. The average Bonchev–Trinajstić information content (AvgIpc) is 2.39. The SMILES string of the molecule is CC(C)(CCCCOc1ccc(Br)cc1)/C(N)=N/O. The van der Waals surface area contributed by atoms with Gasteiger partial charge in [-0.1, -0.05) is 34.9 Å². The van der Waals surface area contributed by atoms with Gasteiger partial charge in [-0.3, -0.25) is 0 Å². The summed E-state index contributed by atoms with van der Waals surface area (Å²) >= 11 is 3.38. The zero-order chi connectivity index (χ0) is 14.3. The van der Waals surface area contributed by atoms with Crippen LogP contribution in [0.15, 0.2) is 33.9 Å². The van der Waals surface area contributed by atoms with E-state index < -0.39 is 0 Å².